The van der Waals surface area contributed by atoms with Gasteiger partial charge in [0.1, 0.15) is 4.90 Å². The molecule has 1 aliphatic carbocycles. The normalized spacial score (nSPS) is 18.1. The lowest BCUT2D eigenvalue weighted by molar-refractivity contribution is 0.310. The minimum Gasteiger partial charge on any atom is -0.377 e. The number of hydrogen-bond acceptors (Lipinski definition) is 3. The van der Waals surface area contributed by atoms with Gasteiger partial charge in [0.05, 0.1) is 11.2 Å². The monoisotopic (exact) mass is 302 g/mol. The maximum atomic E-state index is 12.3. The first kappa shape index (κ1) is 14.6. The van der Waals surface area contributed by atoms with E-state index in [0.717, 1.165) is 19.3 Å². The summed E-state index contributed by atoms with van der Waals surface area (Å²) in [5.74, 6) is 0.489. The van der Waals surface area contributed by atoms with Crippen molar-refractivity contribution in [1.29, 1.82) is 0 Å². The zero-order valence-corrected chi connectivity index (χ0v) is 12.8. The summed E-state index contributed by atoms with van der Waals surface area (Å²) in [7, 11) is -0.376. The molecule has 0 amide bonds. The Hall–Kier alpha value is -0.780. The molecule has 0 radical (unpaired) electrons. The highest BCUT2D eigenvalue weighted by Gasteiger charge is 2.37. The number of anilines is 1. The Morgan fingerprint density at radius 3 is 2.42 bits per heavy atom. The molecule has 1 aliphatic rings. The van der Waals surface area contributed by atoms with E-state index in [1.165, 1.54) is 18.4 Å². The Morgan fingerprint density at radius 1 is 1.32 bits per heavy atom. The predicted octanol–water partition coefficient (Wildman–Crippen LogP) is 2.51. The molecular formula is C13H19ClN2O2S. The minimum atomic E-state index is -3.44. The van der Waals surface area contributed by atoms with Crippen LogP contribution in [0.25, 0.3) is 0 Å². The van der Waals surface area contributed by atoms with E-state index in [1.54, 1.807) is 18.2 Å². The summed E-state index contributed by atoms with van der Waals surface area (Å²) in [5, 5.41) is 3.33. The summed E-state index contributed by atoms with van der Waals surface area (Å²) in [4.78, 5) is 0.302. The second-order valence-electron chi connectivity index (χ2n) is 5.18. The fourth-order valence-electron chi connectivity index (χ4n) is 2.17. The van der Waals surface area contributed by atoms with Gasteiger partial charge in [0.25, 0.3) is 0 Å². The third-order valence-electron chi connectivity index (χ3n) is 3.61. The summed E-state index contributed by atoms with van der Waals surface area (Å²) in [6, 6.07) is 6.98. The Balaban J connectivity index is 2.37. The average Bonchev–Trinajstić information content (AvgIpc) is 2.34. The van der Waals surface area contributed by atoms with Crippen LogP contribution in [0, 0.1) is 0 Å². The standard InChI is InChI=1S/C13H19ClN2O2S/c1-16(2)19(17,18)12-7-4-3-6-11(12)15-13(10-14)8-5-9-13/h3-4,6-7,15H,5,8-10H2,1-2H3. The molecule has 1 fully saturated rings. The fraction of sp³-hybridized carbons (Fsp3) is 0.538. The molecule has 6 heteroatoms. The van der Waals surface area contributed by atoms with Gasteiger partial charge in [-0.3, -0.25) is 0 Å². The van der Waals surface area contributed by atoms with Crippen molar-refractivity contribution >= 4 is 27.3 Å². The minimum absolute atomic E-state index is 0.153. The second-order valence-corrected chi connectivity index (χ2v) is 7.56. The summed E-state index contributed by atoms with van der Waals surface area (Å²) in [5.41, 5.74) is 0.482. The lowest BCUT2D eigenvalue weighted by Gasteiger charge is -2.42. The van der Waals surface area contributed by atoms with Gasteiger partial charge in [-0.25, -0.2) is 12.7 Å². The zero-order chi connectivity index (χ0) is 14.1. The van der Waals surface area contributed by atoms with Crippen LogP contribution in [0.15, 0.2) is 29.2 Å². The Labute approximate surface area is 119 Å². The van der Waals surface area contributed by atoms with Gasteiger partial charge < -0.3 is 5.32 Å². The van der Waals surface area contributed by atoms with Gasteiger partial charge in [0.2, 0.25) is 10.0 Å². The highest BCUT2D eigenvalue weighted by molar-refractivity contribution is 7.89. The van der Waals surface area contributed by atoms with Crippen LogP contribution >= 0.6 is 11.6 Å². The van der Waals surface area contributed by atoms with Crippen molar-refractivity contribution in [2.45, 2.75) is 29.7 Å². The number of rotatable bonds is 5. The Kier molecular flexibility index (Phi) is 4.08. The molecule has 0 aromatic heterocycles. The van der Waals surface area contributed by atoms with Crippen molar-refractivity contribution in [3.63, 3.8) is 0 Å². The van der Waals surface area contributed by atoms with Crippen molar-refractivity contribution in [3.8, 4) is 0 Å². The third kappa shape index (κ3) is 2.73. The molecular weight excluding hydrogens is 284 g/mol. The van der Waals surface area contributed by atoms with E-state index in [4.69, 9.17) is 11.6 Å². The van der Waals surface area contributed by atoms with E-state index in [2.05, 4.69) is 5.32 Å². The van der Waals surface area contributed by atoms with Crippen LogP contribution in [0.2, 0.25) is 0 Å². The van der Waals surface area contributed by atoms with Crippen molar-refractivity contribution in [2.24, 2.45) is 0 Å². The molecule has 1 saturated carbocycles. The largest absolute Gasteiger partial charge is 0.377 e. The molecule has 19 heavy (non-hydrogen) atoms. The first-order valence-electron chi connectivity index (χ1n) is 6.27. The molecule has 4 nitrogen and oxygen atoms in total. The number of alkyl halides is 1. The Bertz CT molecular complexity index is 548. The second kappa shape index (κ2) is 5.31. The zero-order valence-electron chi connectivity index (χ0n) is 11.2. The molecule has 0 spiro atoms. The number of sulfonamides is 1. The average molecular weight is 303 g/mol. The van der Waals surface area contributed by atoms with Gasteiger partial charge in [-0.05, 0) is 31.4 Å². The van der Waals surface area contributed by atoms with Gasteiger partial charge >= 0.3 is 0 Å². The molecule has 0 atom stereocenters. The summed E-state index contributed by atoms with van der Waals surface area (Å²) in [6.45, 7) is 0. The topological polar surface area (TPSA) is 49.4 Å². The van der Waals surface area contributed by atoms with Crippen LogP contribution in [0.3, 0.4) is 0 Å². The van der Waals surface area contributed by atoms with Gasteiger partial charge in [-0.1, -0.05) is 12.1 Å². The third-order valence-corrected chi connectivity index (χ3v) is 6.00. The quantitative estimate of drug-likeness (QED) is 0.850. The summed E-state index contributed by atoms with van der Waals surface area (Å²) in [6.07, 6.45) is 3.09. The van der Waals surface area contributed by atoms with Crippen LogP contribution < -0.4 is 5.32 Å². The van der Waals surface area contributed by atoms with Crippen LogP contribution in [-0.4, -0.2) is 38.2 Å². The number of benzene rings is 1. The van der Waals surface area contributed by atoms with Crippen LogP contribution in [0.5, 0.6) is 0 Å². The molecule has 0 saturated heterocycles. The SMILES string of the molecule is CN(C)S(=O)(=O)c1ccccc1NC1(CCl)CCC1. The maximum absolute atomic E-state index is 12.3. The number of hydrogen-bond donors (Lipinski definition) is 1. The lowest BCUT2D eigenvalue weighted by atomic mass is 9.78. The number of nitrogens with zero attached hydrogens (tertiary/aromatic N) is 1. The molecule has 106 valence electrons. The molecule has 1 N–H and O–H groups in total. The van der Waals surface area contributed by atoms with Gasteiger partial charge in [-0.15, -0.1) is 11.6 Å². The molecule has 0 aliphatic heterocycles. The van der Waals surface area contributed by atoms with Crippen molar-refractivity contribution in [2.75, 3.05) is 25.3 Å². The predicted molar refractivity (Wildman–Crippen MR) is 78.2 cm³/mol. The van der Waals surface area contributed by atoms with E-state index in [-0.39, 0.29) is 5.54 Å². The van der Waals surface area contributed by atoms with Crippen molar-refractivity contribution in [1.82, 2.24) is 4.31 Å². The van der Waals surface area contributed by atoms with Crippen LogP contribution in [0.4, 0.5) is 5.69 Å². The highest BCUT2D eigenvalue weighted by Crippen LogP contribution is 2.38. The van der Waals surface area contributed by atoms with Gasteiger partial charge in [-0.2, -0.15) is 0 Å². The lowest BCUT2D eigenvalue weighted by Crippen LogP contribution is -2.47. The molecule has 1 aromatic carbocycles. The van der Waals surface area contributed by atoms with E-state index in [1.807, 2.05) is 6.07 Å². The number of para-hydroxylation sites is 1. The van der Waals surface area contributed by atoms with E-state index >= 15 is 0 Å². The number of halogens is 1. The van der Waals surface area contributed by atoms with Gasteiger partial charge in [0, 0.05) is 20.0 Å². The van der Waals surface area contributed by atoms with Crippen molar-refractivity contribution < 1.29 is 8.42 Å². The van der Waals surface area contributed by atoms with E-state index in [0.29, 0.717) is 16.5 Å². The van der Waals surface area contributed by atoms with Crippen molar-refractivity contribution in [3.05, 3.63) is 24.3 Å². The fourth-order valence-corrected chi connectivity index (χ4v) is 3.55. The maximum Gasteiger partial charge on any atom is 0.244 e. The first-order chi connectivity index (χ1) is 8.91. The summed E-state index contributed by atoms with van der Waals surface area (Å²) < 4.78 is 25.8. The molecule has 0 bridgehead atoms. The van der Waals surface area contributed by atoms with E-state index in [9.17, 15) is 8.42 Å². The number of nitrogens with one attached hydrogen (secondary N) is 1. The van der Waals surface area contributed by atoms with E-state index < -0.39 is 10.0 Å². The summed E-state index contributed by atoms with van der Waals surface area (Å²) >= 11 is 6.02. The van der Waals surface area contributed by atoms with Gasteiger partial charge in [0.15, 0.2) is 0 Å². The highest BCUT2D eigenvalue weighted by atomic mass is 35.5. The Morgan fingerprint density at radius 2 is 1.95 bits per heavy atom. The van der Waals surface area contributed by atoms with Crippen LogP contribution in [-0.2, 0) is 10.0 Å². The smallest absolute Gasteiger partial charge is 0.244 e. The molecule has 1 aromatic rings. The molecule has 0 unspecified atom stereocenters. The molecule has 0 heterocycles. The van der Waals surface area contributed by atoms with Crippen LogP contribution in [0.1, 0.15) is 19.3 Å². The molecule has 2 rings (SSSR count). The first-order valence-corrected chi connectivity index (χ1v) is 8.24.